The molecule has 1 amide bonds. The van der Waals surface area contributed by atoms with E-state index in [4.69, 9.17) is 0 Å². The van der Waals surface area contributed by atoms with Crippen molar-refractivity contribution in [2.24, 2.45) is 0 Å². The molecule has 3 heterocycles. The predicted octanol–water partition coefficient (Wildman–Crippen LogP) is 3.97. The normalized spacial score (nSPS) is 12.8. The van der Waals surface area contributed by atoms with E-state index in [1.807, 2.05) is 48.5 Å². The molecule has 0 saturated carbocycles. The maximum absolute atomic E-state index is 13.0. The fourth-order valence-electron chi connectivity index (χ4n) is 3.57. The Morgan fingerprint density at radius 2 is 1.86 bits per heavy atom. The maximum atomic E-state index is 13.0. The number of hydrogen-bond acceptors (Lipinski definition) is 5. The molecule has 1 aliphatic heterocycles. The quantitative estimate of drug-likeness (QED) is 0.593. The Bertz CT molecular complexity index is 1180. The summed E-state index contributed by atoms with van der Waals surface area (Å²) in [7, 11) is 0. The second kappa shape index (κ2) is 6.74. The van der Waals surface area contributed by atoms with Crippen LogP contribution in [0.5, 0.6) is 0 Å². The Hall–Kier alpha value is -3.80. The molecule has 0 spiro atoms. The van der Waals surface area contributed by atoms with Crippen molar-refractivity contribution in [3.05, 3.63) is 84.4 Å². The minimum atomic E-state index is -0.119. The van der Waals surface area contributed by atoms with Crippen LogP contribution in [-0.2, 0) is 6.42 Å². The van der Waals surface area contributed by atoms with Crippen LogP contribution >= 0.6 is 0 Å². The molecule has 0 fully saturated rings. The van der Waals surface area contributed by atoms with Crippen molar-refractivity contribution < 1.29 is 4.79 Å². The van der Waals surface area contributed by atoms with Crippen molar-refractivity contribution in [2.45, 2.75) is 6.42 Å². The molecule has 0 unspecified atom stereocenters. The molecular formula is C22H17N5O. The van der Waals surface area contributed by atoms with Crippen LogP contribution in [0.25, 0.3) is 10.9 Å². The number of fused-ring (bicyclic) bond motifs is 2. The number of amides is 1. The van der Waals surface area contributed by atoms with E-state index >= 15 is 0 Å². The molecule has 6 nitrogen and oxygen atoms in total. The highest BCUT2D eigenvalue weighted by Gasteiger charge is 2.26. The number of benzene rings is 2. The molecule has 1 aliphatic rings. The van der Waals surface area contributed by atoms with Gasteiger partial charge in [0.1, 0.15) is 17.8 Å². The average Bonchev–Trinajstić information content (AvgIpc) is 3.18. The summed E-state index contributed by atoms with van der Waals surface area (Å²) in [4.78, 5) is 27.7. The molecule has 1 N–H and O–H groups in total. The third-order valence-corrected chi connectivity index (χ3v) is 4.91. The number of rotatable bonds is 3. The Balaban J connectivity index is 1.45. The summed E-state index contributed by atoms with van der Waals surface area (Å²) in [6.07, 6.45) is 4.03. The van der Waals surface area contributed by atoms with Crippen molar-refractivity contribution in [3.63, 3.8) is 0 Å². The van der Waals surface area contributed by atoms with Crippen LogP contribution in [0.4, 0.5) is 17.2 Å². The molecule has 0 bridgehead atoms. The number of carbonyl (C=O) groups excluding carboxylic acids is 1. The summed E-state index contributed by atoms with van der Waals surface area (Å²) in [5, 5.41) is 4.30. The number of pyridine rings is 1. The number of para-hydroxylation sites is 2. The molecule has 0 saturated heterocycles. The standard InChI is InChI=1S/C22H17N5O/c28-22(27-12-10-15-5-1-2-9-19(15)27)18-13-20(25-14-24-18)26-17-8-3-6-16-7-4-11-23-21(16)17/h1-9,11,13-14H,10,12H2,(H,24,25,26). The first-order valence-electron chi connectivity index (χ1n) is 9.12. The highest BCUT2D eigenvalue weighted by molar-refractivity contribution is 6.06. The zero-order valence-electron chi connectivity index (χ0n) is 15.0. The Morgan fingerprint density at radius 1 is 0.964 bits per heavy atom. The molecule has 4 aromatic rings. The summed E-state index contributed by atoms with van der Waals surface area (Å²) in [6, 6.07) is 19.5. The van der Waals surface area contributed by atoms with Gasteiger partial charge in [0, 0.05) is 29.9 Å². The Kier molecular flexibility index (Phi) is 3.94. The lowest BCUT2D eigenvalue weighted by Crippen LogP contribution is -2.29. The smallest absolute Gasteiger partial charge is 0.277 e. The van der Waals surface area contributed by atoms with Crippen molar-refractivity contribution in [1.82, 2.24) is 15.0 Å². The van der Waals surface area contributed by atoms with E-state index in [1.165, 1.54) is 11.9 Å². The molecule has 136 valence electrons. The van der Waals surface area contributed by atoms with E-state index in [-0.39, 0.29) is 5.91 Å². The first-order chi connectivity index (χ1) is 13.8. The van der Waals surface area contributed by atoms with Gasteiger partial charge in [-0.3, -0.25) is 9.78 Å². The van der Waals surface area contributed by atoms with Gasteiger partial charge in [0.2, 0.25) is 0 Å². The van der Waals surface area contributed by atoms with Crippen LogP contribution in [0, 0.1) is 0 Å². The zero-order valence-corrected chi connectivity index (χ0v) is 15.0. The monoisotopic (exact) mass is 367 g/mol. The summed E-state index contributed by atoms with van der Waals surface area (Å²) >= 11 is 0. The number of hydrogen-bond donors (Lipinski definition) is 1. The highest BCUT2D eigenvalue weighted by atomic mass is 16.2. The van der Waals surface area contributed by atoms with Crippen LogP contribution in [-0.4, -0.2) is 27.4 Å². The van der Waals surface area contributed by atoms with Gasteiger partial charge in [0.25, 0.3) is 5.91 Å². The largest absolute Gasteiger partial charge is 0.338 e. The van der Waals surface area contributed by atoms with Gasteiger partial charge < -0.3 is 10.2 Å². The molecule has 6 heteroatoms. The number of aromatic nitrogens is 3. The van der Waals surface area contributed by atoms with Crippen LogP contribution < -0.4 is 10.2 Å². The SMILES string of the molecule is O=C(c1cc(Nc2cccc3cccnc23)ncn1)N1CCc2ccccc21. The topological polar surface area (TPSA) is 71.0 Å². The van der Waals surface area contributed by atoms with Gasteiger partial charge in [0.05, 0.1) is 11.2 Å². The lowest BCUT2D eigenvalue weighted by atomic mass is 10.2. The zero-order chi connectivity index (χ0) is 18.9. The summed E-state index contributed by atoms with van der Waals surface area (Å²) < 4.78 is 0. The molecule has 28 heavy (non-hydrogen) atoms. The second-order valence-corrected chi connectivity index (χ2v) is 6.63. The van der Waals surface area contributed by atoms with Crippen molar-refractivity contribution in [3.8, 4) is 0 Å². The van der Waals surface area contributed by atoms with E-state index in [0.717, 1.165) is 28.7 Å². The van der Waals surface area contributed by atoms with Gasteiger partial charge in [-0.25, -0.2) is 9.97 Å². The molecule has 2 aromatic heterocycles. The van der Waals surface area contributed by atoms with Gasteiger partial charge in [-0.1, -0.05) is 36.4 Å². The van der Waals surface area contributed by atoms with Crippen molar-refractivity contribution >= 4 is 34.0 Å². The number of nitrogens with zero attached hydrogens (tertiary/aromatic N) is 4. The molecule has 0 atom stereocenters. The number of anilines is 3. The first-order valence-corrected chi connectivity index (χ1v) is 9.12. The van der Waals surface area contributed by atoms with Gasteiger partial charge >= 0.3 is 0 Å². The van der Waals surface area contributed by atoms with Gasteiger partial charge in [-0.2, -0.15) is 0 Å². The van der Waals surface area contributed by atoms with E-state index in [0.29, 0.717) is 18.1 Å². The Morgan fingerprint density at radius 3 is 2.82 bits per heavy atom. The van der Waals surface area contributed by atoms with Gasteiger partial charge in [-0.15, -0.1) is 0 Å². The first kappa shape index (κ1) is 16.4. The van der Waals surface area contributed by atoms with E-state index in [9.17, 15) is 4.79 Å². The van der Waals surface area contributed by atoms with E-state index in [2.05, 4.69) is 26.3 Å². The van der Waals surface area contributed by atoms with Crippen LogP contribution in [0.3, 0.4) is 0 Å². The van der Waals surface area contributed by atoms with E-state index < -0.39 is 0 Å². The van der Waals surface area contributed by atoms with Crippen LogP contribution in [0.2, 0.25) is 0 Å². The molecule has 5 rings (SSSR count). The molecule has 0 radical (unpaired) electrons. The number of nitrogens with one attached hydrogen (secondary N) is 1. The lowest BCUT2D eigenvalue weighted by molar-refractivity contribution is 0.0984. The molecule has 0 aliphatic carbocycles. The van der Waals surface area contributed by atoms with Gasteiger partial charge in [0.15, 0.2) is 0 Å². The minimum Gasteiger partial charge on any atom is -0.338 e. The minimum absolute atomic E-state index is 0.119. The maximum Gasteiger partial charge on any atom is 0.277 e. The van der Waals surface area contributed by atoms with E-state index in [1.54, 1.807) is 17.2 Å². The molecule has 2 aromatic carbocycles. The fourth-order valence-corrected chi connectivity index (χ4v) is 3.57. The average molecular weight is 367 g/mol. The van der Waals surface area contributed by atoms with Crippen molar-refractivity contribution in [1.29, 1.82) is 0 Å². The second-order valence-electron chi connectivity index (χ2n) is 6.63. The third-order valence-electron chi connectivity index (χ3n) is 4.91. The summed E-state index contributed by atoms with van der Waals surface area (Å²) in [5.74, 6) is 0.440. The lowest BCUT2D eigenvalue weighted by Gasteiger charge is -2.17. The summed E-state index contributed by atoms with van der Waals surface area (Å²) in [6.45, 7) is 0.665. The molecular weight excluding hydrogens is 350 g/mol. The Labute approximate surface area is 161 Å². The summed E-state index contributed by atoms with van der Waals surface area (Å²) in [5.41, 5.74) is 4.19. The highest BCUT2D eigenvalue weighted by Crippen LogP contribution is 2.29. The third kappa shape index (κ3) is 2.85. The number of carbonyl (C=O) groups is 1. The van der Waals surface area contributed by atoms with Crippen LogP contribution in [0.15, 0.2) is 73.2 Å². The van der Waals surface area contributed by atoms with Crippen molar-refractivity contribution in [2.75, 3.05) is 16.8 Å². The van der Waals surface area contributed by atoms with Crippen LogP contribution in [0.1, 0.15) is 16.1 Å². The fraction of sp³-hybridized carbons (Fsp3) is 0.0909. The predicted molar refractivity (Wildman–Crippen MR) is 109 cm³/mol. The van der Waals surface area contributed by atoms with Gasteiger partial charge in [-0.05, 0) is 30.2 Å².